The monoisotopic (exact) mass is 211 g/mol. The molecule has 2 atom stereocenters. The van der Waals surface area contributed by atoms with Crippen LogP contribution in [0.5, 0.6) is 0 Å². The highest BCUT2D eigenvalue weighted by atomic mass is 15.3. The van der Waals surface area contributed by atoms with E-state index in [4.69, 9.17) is 0 Å². The average molecular weight is 211 g/mol. The number of piperidine rings is 1. The highest BCUT2D eigenvalue weighted by Crippen LogP contribution is 2.24. The molecular weight excluding hydrogens is 186 g/mol. The lowest BCUT2D eigenvalue weighted by molar-refractivity contribution is 0.182. The van der Waals surface area contributed by atoms with Crippen LogP contribution in [0.2, 0.25) is 0 Å². The first kappa shape index (κ1) is 11.4. The van der Waals surface area contributed by atoms with Gasteiger partial charge in [0.15, 0.2) is 0 Å². The number of likely N-dealkylation sites (tertiary alicyclic amines) is 1. The normalized spacial score (nSPS) is 35.2. The zero-order valence-corrected chi connectivity index (χ0v) is 10.4. The molecule has 3 heteroatoms. The Morgan fingerprint density at radius 2 is 1.80 bits per heavy atom. The minimum atomic E-state index is 0.764. The predicted octanol–water partition coefficient (Wildman–Crippen LogP) is 0.620. The minimum Gasteiger partial charge on any atom is -0.317 e. The summed E-state index contributed by atoms with van der Waals surface area (Å²) in [6, 6.07) is 1.61. The van der Waals surface area contributed by atoms with Crippen LogP contribution < -0.4 is 5.32 Å². The number of nitrogens with one attached hydrogen (secondary N) is 1. The number of rotatable bonds is 2. The Bertz CT molecular complexity index is 199. The molecule has 0 radical (unpaired) electrons. The fourth-order valence-electron chi connectivity index (χ4n) is 3.13. The molecule has 0 bridgehead atoms. The summed E-state index contributed by atoms with van der Waals surface area (Å²) in [7, 11) is 4.43. The molecule has 3 nitrogen and oxygen atoms in total. The predicted molar refractivity (Wildman–Crippen MR) is 64.1 cm³/mol. The Hall–Kier alpha value is -0.120. The molecule has 2 unspecified atom stereocenters. The van der Waals surface area contributed by atoms with Crippen molar-refractivity contribution in [2.75, 3.05) is 40.3 Å². The SMILES string of the molecule is CC1CN(C2CCNCC2)CC1N(C)C. The van der Waals surface area contributed by atoms with Crippen molar-refractivity contribution in [3.63, 3.8) is 0 Å². The van der Waals surface area contributed by atoms with Gasteiger partial charge in [-0.05, 0) is 45.9 Å². The van der Waals surface area contributed by atoms with Gasteiger partial charge in [-0.2, -0.15) is 0 Å². The summed E-state index contributed by atoms with van der Waals surface area (Å²) in [4.78, 5) is 5.11. The Labute approximate surface area is 93.8 Å². The molecule has 2 aliphatic heterocycles. The van der Waals surface area contributed by atoms with Gasteiger partial charge in [0.25, 0.3) is 0 Å². The Balaban J connectivity index is 1.89. The first-order chi connectivity index (χ1) is 7.18. The maximum Gasteiger partial charge on any atom is 0.0254 e. The molecule has 0 aromatic carbocycles. The van der Waals surface area contributed by atoms with Crippen LogP contribution in [0.25, 0.3) is 0 Å². The van der Waals surface area contributed by atoms with Crippen molar-refractivity contribution in [1.29, 1.82) is 0 Å². The van der Waals surface area contributed by atoms with Crippen LogP contribution >= 0.6 is 0 Å². The van der Waals surface area contributed by atoms with Crippen LogP contribution in [0.15, 0.2) is 0 Å². The molecule has 2 fully saturated rings. The third-order valence-electron chi connectivity index (χ3n) is 4.09. The van der Waals surface area contributed by atoms with Crippen molar-refractivity contribution in [3.05, 3.63) is 0 Å². The van der Waals surface area contributed by atoms with E-state index in [1.54, 1.807) is 0 Å². The van der Waals surface area contributed by atoms with E-state index in [1.165, 1.54) is 39.0 Å². The molecule has 0 aromatic heterocycles. The van der Waals surface area contributed by atoms with Gasteiger partial charge < -0.3 is 10.2 Å². The molecular formula is C12H25N3. The summed E-state index contributed by atoms with van der Waals surface area (Å²) in [5.41, 5.74) is 0. The van der Waals surface area contributed by atoms with Crippen LogP contribution in [0.1, 0.15) is 19.8 Å². The van der Waals surface area contributed by atoms with Crippen LogP contribution in [0.4, 0.5) is 0 Å². The van der Waals surface area contributed by atoms with Gasteiger partial charge in [-0.3, -0.25) is 4.90 Å². The van der Waals surface area contributed by atoms with Gasteiger partial charge >= 0.3 is 0 Å². The van der Waals surface area contributed by atoms with Gasteiger partial charge in [-0.25, -0.2) is 0 Å². The number of nitrogens with zero attached hydrogens (tertiary/aromatic N) is 2. The van der Waals surface area contributed by atoms with Gasteiger partial charge in [0.2, 0.25) is 0 Å². The summed E-state index contributed by atoms with van der Waals surface area (Å²) in [5, 5.41) is 3.45. The quantitative estimate of drug-likeness (QED) is 0.722. The summed E-state index contributed by atoms with van der Waals surface area (Å²) < 4.78 is 0. The van der Waals surface area contributed by atoms with Crippen LogP contribution in [0, 0.1) is 5.92 Å². The first-order valence-electron chi connectivity index (χ1n) is 6.29. The fraction of sp³-hybridized carbons (Fsp3) is 1.00. The van der Waals surface area contributed by atoms with Crippen molar-refractivity contribution < 1.29 is 0 Å². The van der Waals surface area contributed by atoms with Crippen LogP contribution in [-0.4, -0.2) is 62.2 Å². The molecule has 0 saturated carbocycles. The summed E-state index contributed by atoms with van der Waals surface area (Å²) in [6.07, 6.45) is 2.68. The second-order valence-electron chi connectivity index (χ2n) is 5.44. The minimum absolute atomic E-state index is 0.764. The second kappa shape index (κ2) is 4.81. The van der Waals surface area contributed by atoms with Crippen molar-refractivity contribution in [2.24, 2.45) is 5.92 Å². The molecule has 2 rings (SSSR count). The van der Waals surface area contributed by atoms with Gasteiger partial charge in [-0.15, -0.1) is 0 Å². The molecule has 0 amide bonds. The standard InChI is InChI=1S/C12H25N3/c1-10-8-15(9-12(10)14(2)3)11-4-6-13-7-5-11/h10-13H,4-9H2,1-3H3. The van der Waals surface area contributed by atoms with Crippen molar-refractivity contribution >= 4 is 0 Å². The van der Waals surface area contributed by atoms with Gasteiger partial charge in [-0.1, -0.05) is 6.92 Å². The van der Waals surface area contributed by atoms with E-state index in [0.29, 0.717) is 0 Å². The first-order valence-corrected chi connectivity index (χ1v) is 6.29. The van der Waals surface area contributed by atoms with E-state index in [9.17, 15) is 0 Å². The topological polar surface area (TPSA) is 18.5 Å². The lowest BCUT2D eigenvalue weighted by atomic mass is 10.1. The van der Waals surface area contributed by atoms with E-state index >= 15 is 0 Å². The second-order valence-corrected chi connectivity index (χ2v) is 5.44. The summed E-state index contributed by atoms with van der Waals surface area (Å²) >= 11 is 0. The zero-order valence-electron chi connectivity index (χ0n) is 10.4. The average Bonchev–Trinajstić information content (AvgIpc) is 2.62. The Kier molecular flexibility index (Phi) is 3.65. The van der Waals surface area contributed by atoms with Gasteiger partial charge in [0.05, 0.1) is 0 Å². The summed E-state index contributed by atoms with van der Waals surface area (Å²) in [5.74, 6) is 0.829. The lowest BCUT2D eigenvalue weighted by Crippen LogP contribution is -2.43. The van der Waals surface area contributed by atoms with E-state index in [0.717, 1.165) is 18.0 Å². The molecule has 0 aliphatic carbocycles. The van der Waals surface area contributed by atoms with Crippen molar-refractivity contribution in [2.45, 2.75) is 31.8 Å². The highest BCUT2D eigenvalue weighted by Gasteiger charge is 2.34. The number of hydrogen-bond acceptors (Lipinski definition) is 3. The van der Waals surface area contributed by atoms with E-state index in [-0.39, 0.29) is 0 Å². The van der Waals surface area contributed by atoms with E-state index in [2.05, 4.69) is 36.1 Å². The van der Waals surface area contributed by atoms with Crippen LogP contribution in [0.3, 0.4) is 0 Å². The number of likely N-dealkylation sites (N-methyl/N-ethyl adjacent to an activating group) is 1. The number of hydrogen-bond donors (Lipinski definition) is 1. The molecule has 0 spiro atoms. The van der Waals surface area contributed by atoms with Gasteiger partial charge in [0, 0.05) is 25.2 Å². The third-order valence-corrected chi connectivity index (χ3v) is 4.09. The van der Waals surface area contributed by atoms with Crippen molar-refractivity contribution in [3.8, 4) is 0 Å². The third kappa shape index (κ3) is 2.52. The Morgan fingerprint density at radius 1 is 1.13 bits per heavy atom. The van der Waals surface area contributed by atoms with E-state index < -0.39 is 0 Å². The Morgan fingerprint density at radius 3 is 2.33 bits per heavy atom. The smallest absolute Gasteiger partial charge is 0.0254 e. The molecule has 0 aromatic rings. The lowest BCUT2D eigenvalue weighted by Gasteiger charge is -2.32. The van der Waals surface area contributed by atoms with Gasteiger partial charge in [0.1, 0.15) is 0 Å². The van der Waals surface area contributed by atoms with Crippen LogP contribution in [-0.2, 0) is 0 Å². The molecule has 2 heterocycles. The fourth-order valence-corrected chi connectivity index (χ4v) is 3.13. The van der Waals surface area contributed by atoms with Crippen molar-refractivity contribution in [1.82, 2.24) is 15.1 Å². The highest BCUT2D eigenvalue weighted by molar-refractivity contribution is 4.91. The maximum atomic E-state index is 3.45. The molecule has 15 heavy (non-hydrogen) atoms. The summed E-state index contributed by atoms with van der Waals surface area (Å²) in [6.45, 7) is 7.39. The zero-order chi connectivity index (χ0) is 10.8. The molecule has 2 saturated heterocycles. The molecule has 88 valence electrons. The molecule has 1 N–H and O–H groups in total. The molecule has 2 aliphatic rings. The van der Waals surface area contributed by atoms with E-state index in [1.807, 2.05) is 0 Å². The maximum absolute atomic E-state index is 3.45. The largest absolute Gasteiger partial charge is 0.317 e.